The van der Waals surface area contributed by atoms with Gasteiger partial charge in [-0.3, -0.25) is 4.79 Å². The number of nitrogens with zero attached hydrogens (tertiary/aromatic N) is 2. The smallest absolute Gasteiger partial charge is 0.255 e. The Morgan fingerprint density at radius 1 is 0.935 bits per heavy atom. The molecule has 4 atom stereocenters. The fraction of sp³-hybridized carbons (Fsp3) is 0.417. The molecule has 2 aromatic carbocycles. The highest BCUT2D eigenvalue weighted by Crippen LogP contribution is 2.35. The van der Waals surface area contributed by atoms with Crippen LogP contribution in [-0.4, -0.2) is 71.5 Å². The van der Waals surface area contributed by atoms with Gasteiger partial charge in [0.15, 0.2) is 12.4 Å². The van der Waals surface area contributed by atoms with Gasteiger partial charge in [0.25, 0.3) is 5.91 Å². The van der Waals surface area contributed by atoms with Gasteiger partial charge in [0.2, 0.25) is 0 Å². The quantitative estimate of drug-likeness (QED) is 0.669. The Bertz CT molecular complexity index is 920. The number of hydrogen-bond donors (Lipinski definition) is 0. The molecule has 0 N–H and O–H groups in total. The predicted molar refractivity (Wildman–Crippen MR) is 119 cm³/mol. The van der Waals surface area contributed by atoms with Crippen LogP contribution in [0.4, 0.5) is 0 Å². The molecule has 0 aliphatic carbocycles. The van der Waals surface area contributed by atoms with E-state index >= 15 is 0 Å². The van der Waals surface area contributed by atoms with Gasteiger partial charge in [0.1, 0.15) is 11.1 Å². The van der Waals surface area contributed by atoms with Crippen LogP contribution in [0.2, 0.25) is 0 Å². The van der Waals surface area contributed by atoms with E-state index in [4.69, 9.17) is 26.4 Å². The molecule has 6 nitrogen and oxygen atoms in total. The first kappa shape index (κ1) is 20.6. The van der Waals surface area contributed by atoms with Crippen molar-refractivity contribution in [1.82, 2.24) is 9.80 Å². The Morgan fingerprint density at radius 3 is 2.26 bits per heavy atom. The minimum Gasteiger partial charge on any atom is -0.378 e. The SMILES string of the molecule is O=C([C@@H]1O[C@@H]2O[C@H]1C(=S)N(Cc1ccccc1)[C@H]2Cc1ccccc1)N1CCOCC1. The normalized spacial score (nSPS) is 28.1. The van der Waals surface area contributed by atoms with Crippen LogP contribution < -0.4 is 0 Å². The molecule has 3 aliphatic rings. The van der Waals surface area contributed by atoms with Crippen LogP contribution in [0, 0.1) is 0 Å². The van der Waals surface area contributed by atoms with E-state index < -0.39 is 18.5 Å². The molecular formula is C24H26N2O4S. The van der Waals surface area contributed by atoms with Gasteiger partial charge in [-0.15, -0.1) is 0 Å². The first-order valence-electron chi connectivity index (χ1n) is 10.8. The van der Waals surface area contributed by atoms with E-state index in [1.807, 2.05) is 36.4 Å². The summed E-state index contributed by atoms with van der Waals surface area (Å²) in [5, 5.41) is 0. The summed E-state index contributed by atoms with van der Waals surface area (Å²) in [5.74, 6) is -0.0572. The second-order valence-electron chi connectivity index (χ2n) is 8.13. The first-order valence-corrected chi connectivity index (χ1v) is 11.2. The lowest BCUT2D eigenvalue weighted by Crippen LogP contribution is -2.56. The molecule has 3 fully saturated rings. The molecule has 7 heteroatoms. The molecule has 162 valence electrons. The summed E-state index contributed by atoms with van der Waals surface area (Å²) < 4.78 is 17.8. The van der Waals surface area contributed by atoms with E-state index in [1.54, 1.807) is 4.90 Å². The summed E-state index contributed by atoms with van der Waals surface area (Å²) >= 11 is 5.89. The van der Waals surface area contributed by atoms with Crippen molar-refractivity contribution in [2.75, 3.05) is 26.3 Å². The van der Waals surface area contributed by atoms with Crippen LogP contribution in [0.3, 0.4) is 0 Å². The van der Waals surface area contributed by atoms with Gasteiger partial charge < -0.3 is 24.0 Å². The van der Waals surface area contributed by atoms with Crippen molar-refractivity contribution >= 4 is 23.1 Å². The van der Waals surface area contributed by atoms with E-state index in [0.717, 1.165) is 6.42 Å². The van der Waals surface area contributed by atoms with E-state index in [0.29, 0.717) is 37.8 Å². The number of morpholine rings is 2. The largest absolute Gasteiger partial charge is 0.378 e. The van der Waals surface area contributed by atoms with Gasteiger partial charge in [-0.05, 0) is 17.5 Å². The molecule has 3 aliphatic heterocycles. The Hall–Kier alpha value is -2.32. The summed E-state index contributed by atoms with van der Waals surface area (Å²) in [5.41, 5.74) is 2.35. The molecule has 2 aromatic rings. The Kier molecular flexibility index (Phi) is 6.00. The predicted octanol–water partition coefficient (Wildman–Crippen LogP) is 2.41. The van der Waals surface area contributed by atoms with Crippen LogP contribution in [0.1, 0.15) is 11.1 Å². The zero-order valence-corrected chi connectivity index (χ0v) is 18.1. The van der Waals surface area contributed by atoms with Crippen molar-refractivity contribution < 1.29 is 19.0 Å². The highest BCUT2D eigenvalue weighted by molar-refractivity contribution is 7.80. The van der Waals surface area contributed by atoms with E-state index in [2.05, 4.69) is 29.2 Å². The third kappa shape index (κ3) is 4.23. The van der Waals surface area contributed by atoms with E-state index in [9.17, 15) is 4.79 Å². The number of benzene rings is 2. The lowest BCUT2D eigenvalue weighted by Gasteiger charge is -2.41. The molecule has 0 radical (unpaired) electrons. The van der Waals surface area contributed by atoms with Crippen molar-refractivity contribution in [3.05, 3.63) is 71.8 Å². The number of rotatable bonds is 5. The topological polar surface area (TPSA) is 51.2 Å². The fourth-order valence-electron chi connectivity index (χ4n) is 4.50. The molecule has 0 saturated carbocycles. The number of ether oxygens (including phenoxy) is 3. The van der Waals surface area contributed by atoms with Crippen LogP contribution in [0.5, 0.6) is 0 Å². The summed E-state index contributed by atoms with van der Waals surface area (Å²) in [6, 6.07) is 20.4. The molecule has 0 spiro atoms. The maximum absolute atomic E-state index is 13.2. The van der Waals surface area contributed by atoms with E-state index in [-0.39, 0.29) is 11.9 Å². The minimum absolute atomic E-state index is 0.0572. The standard InChI is InChI=1S/C24H26N2O4S/c27-22(25-11-13-28-14-12-25)20-21-23(31)26(16-18-9-5-2-6-10-18)19(24(29-20)30-21)15-17-7-3-1-4-8-17/h1-10,19-21,24H,11-16H2/t19-,20+,21+,24+/m0/s1. The summed E-state index contributed by atoms with van der Waals surface area (Å²) in [4.78, 5) is 17.8. The van der Waals surface area contributed by atoms with E-state index in [1.165, 1.54) is 11.1 Å². The minimum atomic E-state index is -0.699. The number of carbonyl (C=O) groups is 1. The zero-order valence-electron chi connectivity index (χ0n) is 17.3. The maximum atomic E-state index is 13.2. The van der Waals surface area contributed by atoms with Gasteiger partial charge >= 0.3 is 0 Å². The van der Waals surface area contributed by atoms with Crippen LogP contribution in [0.25, 0.3) is 0 Å². The number of thiocarbonyl (C=S) groups is 1. The summed E-state index contributed by atoms with van der Waals surface area (Å²) in [7, 11) is 0. The maximum Gasteiger partial charge on any atom is 0.255 e. The average Bonchev–Trinajstić information content (AvgIpc) is 3.23. The Morgan fingerprint density at radius 2 is 1.58 bits per heavy atom. The molecule has 3 saturated heterocycles. The zero-order chi connectivity index (χ0) is 21.2. The third-order valence-electron chi connectivity index (χ3n) is 6.13. The molecule has 0 unspecified atom stereocenters. The van der Waals surface area contributed by atoms with Crippen molar-refractivity contribution in [3.8, 4) is 0 Å². The average molecular weight is 439 g/mol. The van der Waals surface area contributed by atoms with Crippen molar-refractivity contribution in [2.45, 2.75) is 37.5 Å². The van der Waals surface area contributed by atoms with Crippen LogP contribution in [0.15, 0.2) is 60.7 Å². The van der Waals surface area contributed by atoms with Crippen molar-refractivity contribution in [3.63, 3.8) is 0 Å². The van der Waals surface area contributed by atoms with Gasteiger partial charge in [-0.25, -0.2) is 0 Å². The Balaban J connectivity index is 1.41. The number of amides is 1. The first-order chi connectivity index (χ1) is 15.2. The van der Waals surface area contributed by atoms with Crippen molar-refractivity contribution in [2.24, 2.45) is 0 Å². The fourth-order valence-corrected chi connectivity index (χ4v) is 4.87. The van der Waals surface area contributed by atoms with Gasteiger partial charge in [0, 0.05) is 19.6 Å². The highest BCUT2D eigenvalue weighted by atomic mass is 32.1. The molecule has 1 amide bonds. The number of carbonyl (C=O) groups excluding carboxylic acids is 1. The summed E-state index contributed by atoms with van der Waals surface area (Å²) in [6.45, 7) is 2.91. The lowest BCUT2D eigenvalue weighted by molar-refractivity contribution is -0.151. The summed E-state index contributed by atoms with van der Waals surface area (Å²) in [6.07, 6.45) is -1.01. The monoisotopic (exact) mass is 438 g/mol. The molecular weight excluding hydrogens is 412 g/mol. The Labute approximate surface area is 187 Å². The van der Waals surface area contributed by atoms with Crippen LogP contribution >= 0.6 is 12.2 Å². The second-order valence-corrected chi connectivity index (χ2v) is 8.55. The molecule has 31 heavy (non-hydrogen) atoms. The number of hydrogen-bond acceptors (Lipinski definition) is 5. The van der Waals surface area contributed by atoms with Gasteiger partial charge in [-0.1, -0.05) is 72.9 Å². The van der Waals surface area contributed by atoms with Crippen molar-refractivity contribution in [1.29, 1.82) is 0 Å². The van der Waals surface area contributed by atoms with Crippen LogP contribution in [-0.2, 0) is 32.0 Å². The number of fused-ring (bicyclic) bond motifs is 2. The molecule has 2 bridgehead atoms. The van der Waals surface area contributed by atoms with Gasteiger partial charge in [0.05, 0.1) is 19.3 Å². The molecule has 5 rings (SSSR count). The lowest BCUT2D eigenvalue weighted by atomic mass is 10.0. The molecule has 0 aromatic heterocycles. The third-order valence-corrected chi connectivity index (χ3v) is 6.59. The molecule has 3 heterocycles. The van der Waals surface area contributed by atoms with Gasteiger partial charge in [-0.2, -0.15) is 0 Å². The second kappa shape index (κ2) is 9.04. The highest BCUT2D eigenvalue weighted by Gasteiger charge is 2.54.